The molecule has 0 saturated carbocycles. The van der Waals surface area contributed by atoms with Crippen molar-refractivity contribution in [3.8, 4) is 11.5 Å². The first kappa shape index (κ1) is 18.9. The molecule has 0 saturated heterocycles. The third kappa shape index (κ3) is 3.42. The largest absolute Gasteiger partial charge is 0.454 e. The smallest absolute Gasteiger partial charge is 0.264 e. The minimum atomic E-state index is -4.16. The first-order chi connectivity index (χ1) is 13.8. The van der Waals surface area contributed by atoms with E-state index < -0.39 is 20.7 Å². The molecule has 0 bridgehead atoms. The second-order valence-electron chi connectivity index (χ2n) is 6.68. The quantitative estimate of drug-likeness (QED) is 0.695. The summed E-state index contributed by atoms with van der Waals surface area (Å²) in [6.45, 7) is 1.91. The van der Waals surface area contributed by atoms with E-state index in [2.05, 4.69) is 4.72 Å². The number of nitrogens with one attached hydrogen (secondary N) is 1. The molecule has 0 fully saturated rings. The highest BCUT2D eigenvalue weighted by atomic mass is 32.2. The maximum atomic E-state index is 13.9. The van der Waals surface area contributed by atoms with Gasteiger partial charge in [-0.25, -0.2) is 12.8 Å². The zero-order valence-corrected chi connectivity index (χ0v) is 16.5. The van der Waals surface area contributed by atoms with Crippen LogP contribution in [0, 0.1) is 12.7 Å². The molecule has 0 unspecified atom stereocenters. The number of anilines is 2. The van der Waals surface area contributed by atoms with Gasteiger partial charge in [-0.2, -0.15) is 0 Å². The molecule has 1 aliphatic rings. The van der Waals surface area contributed by atoms with Crippen LogP contribution in [-0.4, -0.2) is 21.4 Å². The predicted molar refractivity (Wildman–Crippen MR) is 108 cm³/mol. The number of fused-ring (bicyclic) bond motifs is 2. The highest BCUT2D eigenvalue weighted by molar-refractivity contribution is 7.92. The zero-order chi connectivity index (χ0) is 20.8. The van der Waals surface area contributed by atoms with Crippen LogP contribution >= 0.6 is 0 Å². The van der Waals surface area contributed by atoms with Gasteiger partial charge in [0.2, 0.25) is 0 Å². The lowest BCUT2D eigenvalue weighted by Gasteiger charge is -2.17. The van der Waals surface area contributed by atoms with Gasteiger partial charge < -0.3 is 9.64 Å². The number of hydrogen-bond acceptors (Lipinski definition) is 4. The number of sulfonamides is 1. The van der Waals surface area contributed by atoms with Crippen molar-refractivity contribution in [2.45, 2.75) is 11.8 Å². The van der Waals surface area contributed by atoms with Crippen LogP contribution < -0.4 is 14.4 Å². The van der Waals surface area contributed by atoms with Gasteiger partial charge in [0.15, 0.2) is 5.75 Å². The SMILES string of the molecule is Cc1ccc2c(c1)N(C)C(=O)c1cc(NS(=O)(=O)c3ccccc3F)ccc1O2. The molecule has 4 rings (SSSR count). The summed E-state index contributed by atoms with van der Waals surface area (Å²) in [6.07, 6.45) is 0. The molecule has 0 aliphatic carbocycles. The molecule has 0 radical (unpaired) electrons. The van der Waals surface area contributed by atoms with Crippen molar-refractivity contribution < 1.29 is 22.3 Å². The molecule has 29 heavy (non-hydrogen) atoms. The van der Waals surface area contributed by atoms with Gasteiger partial charge in [-0.05, 0) is 55.0 Å². The molecule has 1 N–H and O–H groups in total. The Morgan fingerprint density at radius 2 is 1.72 bits per heavy atom. The molecule has 1 amide bonds. The Bertz CT molecular complexity index is 1240. The van der Waals surface area contributed by atoms with Crippen molar-refractivity contribution in [2.75, 3.05) is 16.7 Å². The average Bonchev–Trinajstić information content (AvgIpc) is 2.78. The molecule has 1 heterocycles. The number of carbonyl (C=O) groups excluding carboxylic acids is 1. The monoisotopic (exact) mass is 412 g/mol. The fraction of sp³-hybridized carbons (Fsp3) is 0.0952. The van der Waals surface area contributed by atoms with Crippen LogP contribution in [0.4, 0.5) is 15.8 Å². The topological polar surface area (TPSA) is 75.7 Å². The number of hydrogen-bond donors (Lipinski definition) is 1. The van der Waals surface area contributed by atoms with E-state index in [-0.39, 0.29) is 17.2 Å². The first-order valence-electron chi connectivity index (χ1n) is 8.74. The molecular formula is C21H17FN2O4S. The fourth-order valence-corrected chi connectivity index (χ4v) is 4.24. The number of halogens is 1. The summed E-state index contributed by atoms with van der Waals surface area (Å²) in [6, 6.07) is 14.9. The lowest BCUT2D eigenvalue weighted by atomic mass is 10.1. The number of ether oxygens (including phenoxy) is 1. The van der Waals surface area contributed by atoms with E-state index in [1.165, 1.54) is 41.3 Å². The van der Waals surface area contributed by atoms with E-state index in [1.54, 1.807) is 13.1 Å². The van der Waals surface area contributed by atoms with Crippen LogP contribution in [0.1, 0.15) is 15.9 Å². The number of aryl methyl sites for hydroxylation is 1. The summed E-state index contributed by atoms with van der Waals surface area (Å²) in [4.78, 5) is 13.9. The van der Waals surface area contributed by atoms with Crippen molar-refractivity contribution in [3.05, 3.63) is 77.6 Å². The number of carbonyl (C=O) groups is 1. The third-order valence-corrected chi connectivity index (χ3v) is 6.00. The third-order valence-electron chi connectivity index (χ3n) is 4.59. The maximum Gasteiger partial charge on any atom is 0.264 e. The molecule has 8 heteroatoms. The predicted octanol–water partition coefficient (Wildman–Crippen LogP) is 4.32. The second kappa shape index (κ2) is 6.89. The number of nitrogens with zero attached hydrogens (tertiary/aromatic N) is 1. The zero-order valence-electron chi connectivity index (χ0n) is 15.6. The summed E-state index contributed by atoms with van der Waals surface area (Å²) >= 11 is 0. The van der Waals surface area contributed by atoms with Crippen LogP contribution in [0.5, 0.6) is 11.5 Å². The van der Waals surface area contributed by atoms with E-state index in [4.69, 9.17) is 4.74 Å². The summed E-state index contributed by atoms with van der Waals surface area (Å²) in [5, 5.41) is 0. The van der Waals surface area contributed by atoms with Gasteiger partial charge in [0.25, 0.3) is 15.9 Å². The Balaban J connectivity index is 1.73. The van der Waals surface area contributed by atoms with Gasteiger partial charge >= 0.3 is 0 Å². The van der Waals surface area contributed by atoms with E-state index in [0.29, 0.717) is 17.2 Å². The molecular weight excluding hydrogens is 395 g/mol. The molecule has 0 spiro atoms. The van der Waals surface area contributed by atoms with E-state index in [9.17, 15) is 17.6 Å². The molecule has 0 aromatic heterocycles. The van der Waals surface area contributed by atoms with Crippen LogP contribution in [0.15, 0.2) is 65.6 Å². The number of benzene rings is 3. The standard InChI is InChI=1S/C21H17FN2O4S/c1-13-7-9-19-17(11-13)24(2)21(25)15-12-14(8-10-18(15)28-19)23-29(26,27)20-6-4-3-5-16(20)22/h3-12,23H,1-2H3. The van der Waals surface area contributed by atoms with Crippen LogP contribution in [0.3, 0.4) is 0 Å². The average molecular weight is 412 g/mol. The van der Waals surface area contributed by atoms with Crippen molar-refractivity contribution in [2.24, 2.45) is 0 Å². The lowest BCUT2D eigenvalue weighted by molar-refractivity contribution is 0.0993. The number of amides is 1. The summed E-state index contributed by atoms with van der Waals surface area (Å²) in [5.41, 5.74) is 1.89. The summed E-state index contributed by atoms with van der Waals surface area (Å²) < 4.78 is 47.2. The maximum absolute atomic E-state index is 13.9. The Kier molecular flexibility index (Phi) is 4.50. The van der Waals surface area contributed by atoms with Gasteiger partial charge in [0.1, 0.15) is 16.5 Å². The summed E-state index contributed by atoms with van der Waals surface area (Å²) in [5.74, 6) is -0.390. The van der Waals surface area contributed by atoms with Crippen LogP contribution in [0.2, 0.25) is 0 Å². The molecule has 3 aromatic rings. The molecule has 0 atom stereocenters. The normalized spacial score (nSPS) is 13.2. The summed E-state index contributed by atoms with van der Waals surface area (Å²) in [7, 11) is -2.54. The minimum absolute atomic E-state index is 0.125. The minimum Gasteiger partial charge on any atom is -0.454 e. The van der Waals surface area contributed by atoms with Crippen molar-refractivity contribution >= 4 is 27.3 Å². The van der Waals surface area contributed by atoms with Crippen molar-refractivity contribution in [1.82, 2.24) is 0 Å². The van der Waals surface area contributed by atoms with Gasteiger partial charge in [0, 0.05) is 12.7 Å². The Morgan fingerprint density at radius 1 is 1.00 bits per heavy atom. The van der Waals surface area contributed by atoms with E-state index in [0.717, 1.165) is 11.6 Å². The lowest BCUT2D eigenvalue weighted by Crippen LogP contribution is -2.25. The van der Waals surface area contributed by atoms with Crippen LogP contribution in [0.25, 0.3) is 0 Å². The molecule has 3 aromatic carbocycles. The van der Waals surface area contributed by atoms with Crippen LogP contribution in [-0.2, 0) is 10.0 Å². The van der Waals surface area contributed by atoms with Crippen molar-refractivity contribution in [1.29, 1.82) is 0 Å². The van der Waals surface area contributed by atoms with Gasteiger partial charge in [0.05, 0.1) is 11.3 Å². The number of rotatable bonds is 3. The Hall–Kier alpha value is -3.39. The Labute approximate surface area is 167 Å². The fourth-order valence-electron chi connectivity index (χ4n) is 3.11. The highest BCUT2D eigenvalue weighted by Crippen LogP contribution is 2.39. The van der Waals surface area contributed by atoms with Crippen molar-refractivity contribution in [3.63, 3.8) is 0 Å². The van der Waals surface area contributed by atoms with Gasteiger partial charge in [-0.15, -0.1) is 0 Å². The first-order valence-corrected chi connectivity index (χ1v) is 10.2. The molecule has 1 aliphatic heterocycles. The Morgan fingerprint density at radius 3 is 2.48 bits per heavy atom. The molecule has 6 nitrogen and oxygen atoms in total. The highest BCUT2D eigenvalue weighted by Gasteiger charge is 2.27. The van der Waals surface area contributed by atoms with Gasteiger partial charge in [-0.1, -0.05) is 18.2 Å². The second-order valence-corrected chi connectivity index (χ2v) is 8.34. The van der Waals surface area contributed by atoms with E-state index >= 15 is 0 Å². The van der Waals surface area contributed by atoms with E-state index in [1.807, 2.05) is 19.1 Å². The van der Waals surface area contributed by atoms with Gasteiger partial charge in [-0.3, -0.25) is 9.52 Å². The molecule has 148 valence electrons.